The van der Waals surface area contributed by atoms with Crippen LogP contribution in [0.15, 0.2) is 10.7 Å². The van der Waals surface area contributed by atoms with Gasteiger partial charge in [-0.2, -0.15) is 0 Å². The maximum Gasteiger partial charge on any atom is 0.230 e. The van der Waals surface area contributed by atoms with Gasteiger partial charge in [0.25, 0.3) is 0 Å². The van der Waals surface area contributed by atoms with Crippen LogP contribution in [-0.2, 0) is 13.0 Å². The molecule has 7 nitrogen and oxygen atoms in total. The first-order valence-corrected chi connectivity index (χ1v) is 8.84. The minimum Gasteiger partial charge on any atom is -0.424 e. The van der Waals surface area contributed by atoms with Crippen LogP contribution in [0, 0.1) is 6.92 Å². The molecule has 2 aliphatic rings. The van der Waals surface area contributed by atoms with Crippen LogP contribution in [-0.4, -0.2) is 51.2 Å². The van der Waals surface area contributed by atoms with Crippen LogP contribution in [0.25, 0.3) is 0 Å². The van der Waals surface area contributed by atoms with Crippen LogP contribution in [0.4, 0.5) is 5.82 Å². The molecule has 0 spiro atoms. The van der Waals surface area contributed by atoms with Crippen molar-refractivity contribution in [1.82, 2.24) is 25.1 Å². The molecule has 1 aliphatic heterocycles. The first-order chi connectivity index (χ1) is 11.7. The van der Waals surface area contributed by atoms with Crippen LogP contribution in [0.1, 0.15) is 48.7 Å². The fourth-order valence-corrected chi connectivity index (χ4v) is 3.31. The van der Waals surface area contributed by atoms with Gasteiger partial charge in [-0.3, -0.25) is 4.90 Å². The molecule has 0 unspecified atom stereocenters. The lowest BCUT2D eigenvalue weighted by Crippen LogP contribution is -2.46. The van der Waals surface area contributed by atoms with Gasteiger partial charge in [0, 0.05) is 43.4 Å². The molecule has 1 saturated carbocycles. The van der Waals surface area contributed by atoms with E-state index in [9.17, 15) is 0 Å². The molecule has 4 rings (SSSR count). The average Bonchev–Trinajstić information content (AvgIpc) is 3.35. The lowest BCUT2D eigenvalue weighted by molar-refractivity contribution is 0.223. The van der Waals surface area contributed by atoms with Crippen molar-refractivity contribution in [2.45, 2.75) is 45.6 Å². The summed E-state index contributed by atoms with van der Waals surface area (Å²) in [7, 11) is 0. The molecule has 128 valence electrons. The number of hydrogen-bond donors (Lipinski definition) is 0. The van der Waals surface area contributed by atoms with E-state index in [0.29, 0.717) is 5.92 Å². The molecule has 2 aromatic rings. The molecular formula is C17H24N6O. The first-order valence-electron chi connectivity index (χ1n) is 8.84. The summed E-state index contributed by atoms with van der Waals surface area (Å²) < 4.78 is 5.78. The van der Waals surface area contributed by atoms with Crippen LogP contribution in [0.2, 0.25) is 0 Å². The average molecular weight is 328 g/mol. The summed E-state index contributed by atoms with van der Waals surface area (Å²) in [4.78, 5) is 13.6. The highest BCUT2D eigenvalue weighted by atomic mass is 16.4. The zero-order valence-corrected chi connectivity index (χ0v) is 14.4. The van der Waals surface area contributed by atoms with Crippen LogP contribution in [0.3, 0.4) is 0 Å². The zero-order valence-electron chi connectivity index (χ0n) is 14.4. The van der Waals surface area contributed by atoms with Gasteiger partial charge in [-0.05, 0) is 26.2 Å². The van der Waals surface area contributed by atoms with Crippen molar-refractivity contribution in [2.75, 3.05) is 31.1 Å². The fourth-order valence-electron chi connectivity index (χ4n) is 3.31. The van der Waals surface area contributed by atoms with Gasteiger partial charge in [0.1, 0.15) is 12.1 Å². The quantitative estimate of drug-likeness (QED) is 0.830. The Kier molecular flexibility index (Phi) is 4.18. The molecule has 0 radical (unpaired) electrons. The largest absolute Gasteiger partial charge is 0.424 e. The normalized spacial score (nSPS) is 19.0. The van der Waals surface area contributed by atoms with E-state index < -0.39 is 0 Å². The highest BCUT2D eigenvalue weighted by Crippen LogP contribution is 2.39. The van der Waals surface area contributed by atoms with Gasteiger partial charge in [0.2, 0.25) is 11.8 Å². The molecule has 0 bridgehead atoms. The SMILES string of the molecule is CCc1c(C)ncnc1N1CCN(Cc2nnc(C3CC3)o2)CC1. The van der Waals surface area contributed by atoms with E-state index in [2.05, 4.69) is 43.8 Å². The number of anilines is 1. The Labute approximate surface area is 142 Å². The maximum atomic E-state index is 5.78. The van der Waals surface area contributed by atoms with Gasteiger partial charge in [-0.25, -0.2) is 9.97 Å². The van der Waals surface area contributed by atoms with E-state index in [1.807, 2.05) is 0 Å². The molecule has 24 heavy (non-hydrogen) atoms. The molecule has 3 heterocycles. The second-order valence-electron chi connectivity index (χ2n) is 6.69. The zero-order chi connectivity index (χ0) is 16.5. The van der Waals surface area contributed by atoms with Gasteiger partial charge in [0.15, 0.2) is 0 Å². The number of piperazine rings is 1. The van der Waals surface area contributed by atoms with Crippen molar-refractivity contribution in [3.8, 4) is 0 Å². The Morgan fingerprint density at radius 3 is 2.62 bits per heavy atom. The van der Waals surface area contributed by atoms with Gasteiger partial charge in [-0.15, -0.1) is 10.2 Å². The van der Waals surface area contributed by atoms with E-state index in [1.54, 1.807) is 6.33 Å². The molecule has 0 N–H and O–H groups in total. The highest BCUT2D eigenvalue weighted by Gasteiger charge is 2.30. The number of aryl methyl sites for hydroxylation is 1. The summed E-state index contributed by atoms with van der Waals surface area (Å²) in [5, 5.41) is 8.36. The minimum absolute atomic E-state index is 0.525. The Balaban J connectivity index is 1.37. The van der Waals surface area contributed by atoms with E-state index in [4.69, 9.17) is 4.42 Å². The Morgan fingerprint density at radius 1 is 1.12 bits per heavy atom. The summed E-state index contributed by atoms with van der Waals surface area (Å²) in [6, 6.07) is 0. The molecule has 0 atom stereocenters. The summed E-state index contributed by atoms with van der Waals surface area (Å²) in [5.74, 6) is 3.19. The third-order valence-electron chi connectivity index (χ3n) is 4.93. The smallest absolute Gasteiger partial charge is 0.230 e. The van der Waals surface area contributed by atoms with E-state index in [1.165, 1.54) is 18.4 Å². The Morgan fingerprint density at radius 2 is 1.92 bits per heavy atom. The molecule has 1 aliphatic carbocycles. The number of aromatic nitrogens is 4. The minimum atomic E-state index is 0.525. The predicted molar refractivity (Wildman–Crippen MR) is 89.9 cm³/mol. The molecule has 0 aromatic carbocycles. The molecule has 7 heteroatoms. The molecule has 1 saturated heterocycles. The first kappa shape index (κ1) is 15.5. The van der Waals surface area contributed by atoms with Gasteiger partial charge in [-0.1, -0.05) is 6.92 Å². The second kappa shape index (κ2) is 6.47. The van der Waals surface area contributed by atoms with Crippen molar-refractivity contribution in [3.63, 3.8) is 0 Å². The van der Waals surface area contributed by atoms with Crippen molar-refractivity contribution in [1.29, 1.82) is 0 Å². The van der Waals surface area contributed by atoms with Crippen molar-refractivity contribution < 1.29 is 4.42 Å². The number of hydrogen-bond acceptors (Lipinski definition) is 7. The topological polar surface area (TPSA) is 71.2 Å². The maximum absolute atomic E-state index is 5.78. The third-order valence-corrected chi connectivity index (χ3v) is 4.93. The third kappa shape index (κ3) is 3.13. The Hall–Kier alpha value is -2.02. The molecule has 2 fully saturated rings. The summed E-state index contributed by atoms with van der Waals surface area (Å²) in [6.07, 6.45) is 5.03. The summed E-state index contributed by atoms with van der Waals surface area (Å²) in [5.41, 5.74) is 2.35. The second-order valence-corrected chi connectivity index (χ2v) is 6.69. The van der Waals surface area contributed by atoms with Crippen LogP contribution >= 0.6 is 0 Å². The number of rotatable bonds is 5. The predicted octanol–water partition coefficient (Wildman–Crippen LogP) is 1.93. The van der Waals surface area contributed by atoms with Crippen LogP contribution in [0.5, 0.6) is 0 Å². The lowest BCUT2D eigenvalue weighted by atomic mass is 10.1. The molecule has 0 amide bonds. The molecule has 2 aromatic heterocycles. The van der Waals surface area contributed by atoms with Crippen LogP contribution < -0.4 is 4.90 Å². The van der Waals surface area contributed by atoms with Gasteiger partial charge in [0.05, 0.1) is 6.54 Å². The van der Waals surface area contributed by atoms with Crippen molar-refractivity contribution in [2.24, 2.45) is 0 Å². The van der Waals surface area contributed by atoms with E-state index in [0.717, 1.165) is 62.4 Å². The Bertz CT molecular complexity index is 703. The van der Waals surface area contributed by atoms with Crippen molar-refractivity contribution >= 4 is 5.82 Å². The van der Waals surface area contributed by atoms with Gasteiger partial charge < -0.3 is 9.32 Å². The molecular weight excluding hydrogens is 304 g/mol. The monoisotopic (exact) mass is 328 g/mol. The fraction of sp³-hybridized carbons (Fsp3) is 0.647. The van der Waals surface area contributed by atoms with Gasteiger partial charge >= 0.3 is 0 Å². The summed E-state index contributed by atoms with van der Waals surface area (Å²) in [6.45, 7) is 8.86. The van der Waals surface area contributed by atoms with Crippen molar-refractivity contribution in [3.05, 3.63) is 29.4 Å². The van der Waals surface area contributed by atoms with E-state index >= 15 is 0 Å². The lowest BCUT2D eigenvalue weighted by Gasteiger charge is -2.35. The highest BCUT2D eigenvalue weighted by molar-refractivity contribution is 5.48. The standard InChI is InChI=1S/C17H24N6O/c1-3-14-12(2)18-11-19-16(14)23-8-6-22(7-9-23)10-15-20-21-17(24-15)13-4-5-13/h11,13H,3-10H2,1-2H3. The number of nitrogens with zero attached hydrogens (tertiary/aromatic N) is 6. The summed E-state index contributed by atoms with van der Waals surface area (Å²) >= 11 is 0. The van der Waals surface area contributed by atoms with E-state index in [-0.39, 0.29) is 0 Å².